The Labute approximate surface area is 121 Å². The Morgan fingerprint density at radius 2 is 2.00 bits per heavy atom. The minimum atomic E-state index is 0.368. The van der Waals surface area contributed by atoms with Crippen LogP contribution in [0.15, 0.2) is 18.2 Å². The van der Waals surface area contributed by atoms with Crippen LogP contribution in [0.25, 0.3) is 0 Å². The summed E-state index contributed by atoms with van der Waals surface area (Å²) in [4.78, 5) is 0. The molecular formula is C16H23ClN2. The average molecular weight is 279 g/mol. The van der Waals surface area contributed by atoms with Gasteiger partial charge in [-0.05, 0) is 31.5 Å². The van der Waals surface area contributed by atoms with Gasteiger partial charge in [0.15, 0.2) is 0 Å². The quantitative estimate of drug-likeness (QED) is 0.649. The van der Waals surface area contributed by atoms with Crippen LogP contribution in [0.1, 0.15) is 57.9 Å². The maximum atomic E-state index is 9.06. The molecule has 1 aromatic rings. The molecule has 104 valence electrons. The summed E-state index contributed by atoms with van der Waals surface area (Å²) in [5.74, 6) is 0. The molecule has 0 aliphatic rings. The summed E-state index contributed by atoms with van der Waals surface area (Å²) < 4.78 is 0. The van der Waals surface area contributed by atoms with Crippen LogP contribution in [0, 0.1) is 11.3 Å². The van der Waals surface area contributed by atoms with Gasteiger partial charge in [0.25, 0.3) is 0 Å². The van der Waals surface area contributed by atoms with Crippen molar-refractivity contribution in [2.24, 2.45) is 0 Å². The number of hydrogen-bond donors (Lipinski definition) is 1. The summed E-state index contributed by atoms with van der Waals surface area (Å²) >= 11 is 5.97. The predicted octanol–water partition coefficient (Wildman–Crippen LogP) is 5.37. The zero-order valence-corrected chi connectivity index (χ0v) is 12.6. The van der Waals surface area contributed by atoms with Crippen molar-refractivity contribution >= 4 is 17.3 Å². The molecule has 0 radical (unpaired) electrons. The van der Waals surface area contributed by atoms with E-state index in [1.165, 1.54) is 32.1 Å². The highest BCUT2D eigenvalue weighted by Gasteiger charge is 2.07. The lowest BCUT2D eigenvalue weighted by Crippen LogP contribution is -2.15. The number of hydrogen-bond acceptors (Lipinski definition) is 2. The van der Waals surface area contributed by atoms with Gasteiger partial charge < -0.3 is 5.32 Å². The lowest BCUT2D eigenvalue weighted by Gasteiger charge is -2.16. The number of nitrogens with zero attached hydrogens (tertiary/aromatic N) is 1. The first-order valence-corrected chi connectivity index (χ1v) is 7.51. The van der Waals surface area contributed by atoms with Gasteiger partial charge in [0, 0.05) is 11.1 Å². The molecule has 0 fully saturated rings. The second kappa shape index (κ2) is 8.82. The van der Waals surface area contributed by atoms with E-state index < -0.39 is 0 Å². The van der Waals surface area contributed by atoms with Crippen LogP contribution in [0.2, 0.25) is 5.02 Å². The number of nitriles is 1. The van der Waals surface area contributed by atoms with E-state index in [1.807, 2.05) is 6.07 Å². The van der Waals surface area contributed by atoms with Gasteiger partial charge >= 0.3 is 0 Å². The lowest BCUT2D eigenvalue weighted by molar-refractivity contribution is 0.578. The van der Waals surface area contributed by atoms with E-state index >= 15 is 0 Å². The van der Waals surface area contributed by atoms with Gasteiger partial charge in [0.2, 0.25) is 0 Å². The minimum absolute atomic E-state index is 0.368. The lowest BCUT2D eigenvalue weighted by atomic mass is 10.1. The first kappa shape index (κ1) is 15.9. The average Bonchev–Trinajstić information content (AvgIpc) is 2.39. The summed E-state index contributed by atoms with van der Waals surface area (Å²) in [5, 5.41) is 13.1. The molecule has 0 heterocycles. The fourth-order valence-corrected chi connectivity index (χ4v) is 2.30. The van der Waals surface area contributed by atoms with Crippen LogP contribution in [0.4, 0.5) is 5.69 Å². The topological polar surface area (TPSA) is 35.8 Å². The summed E-state index contributed by atoms with van der Waals surface area (Å²) in [7, 11) is 0. The molecule has 1 aromatic carbocycles. The van der Waals surface area contributed by atoms with Crippen LogP contribution >= 0.6 is 11.6 Å². The van der Waals surface area contributed by atoms with Crippen molar-refractivity contribution in [3.05, 3.63) is 28.8 Å². The standard InChI is InChI=1S/C16H23ClN2/c1-3-4-5-6-7-8-13(2)19-16-11-15(17)10-9-14(16)12-18/h9-11,13,19H,3-8H2,1-2H3. The smallest absolute Gasteiger partial charge is 0.101 e. The van der Waals surface area contributed by atoms with Crippen molar-refractivity contribution in [2.45, 2.75) is 58.4 Å². The molecule has 2 nitrogen and oxygen atoms in total. The van der Waals surface area contributed by atoms with Gasteiger partial charge in [-0.15, -0.1) is 0 Å². The third-order valence-electron chi connectivity index (χ3n) is 3.24. The van der Waals surface area contributed by atoms with Crippen molar-refractivity contribution in [1.29, 1.82) is 5.26 Å². The van der Waals surface area contributed by atoms with E-state index in [1.54, 1.807) is 12.1 Å². The third-order valence-corrected chi connectivity index (χ3v) is 3.48. The van der Waals surface area contributed by atoms with E-state index in [2.05, 4.69) is 25.2 Å². The summed E-state index contributed by atoms with van der Waals surface area (Å²) in [5.41, 5.74) is 1.50. The highest BCUT2D eigenvalue weighted by atomic mass is 35.5. The third kappa shape index (κ3) is 5.98. The molecule has 1 N–H and O–H groups in total. The molecule has 0 amide bonds. The first-order valence-electron chi connectivity index (χ1n) is 7.13. The number of unbranched alkanes of at least 4 members (excludes halogenated alkanes) is 4. The Morgan fingerprint density at radius 3 is 2.68 bits per heavy atom. The van der Waals surface area contributed by atoms with E-state index in [0.29, 0.717) is 16.6 Å². The van der Waals surface area contributed by atoms with Crippen LogP contribution in [-0.4, -0.2) is 6.04 Å². The van der Waals surface area contributed by atoms with Crippen LogP contribution < -0.4 is 5.32 Å². The molecule has 1 unspecified atom stereocenters. The van der Waals surface area contributed by atoms with E-state index in [-0.39, 0.29) is 0 Å². The second-order valence-corrected chi connectivity index (χ2v) is 5.49. The van der Waals surface area contributed by atoms with Gasteiger partial charge in [0.05, 0.1) is 11.3 Å². The minimum Gasteiger partial charge on any atom is -0.381 e. The number of anilines is 1. The number of nitrogens with one attached hydrogen (secondary N) is 1. The van der Waals surface area contributed by atoms with E-state index in [9.17, 15) is 0 Å². The molecule has 1 rings (SSSR count). The molecule has 19 heavy (non-hydrogen) atoms. The molecule has 0 aliphatic carbocycles. The highest BCUT2D eigenvalue weighted by molar-refractivity contribution is 6.30. The van der Waals surface area contributed by atoms with Gasteiger partial charge in [-0.1, -0.05) is 50.6 Å². The van der Waals surface area contributed by atoms with Gasteiger partial charge in [0.1, 0.15) is 6.07 Å². The Morgan fingerprint density at radius 1 is 1.26 bits per heavy atom. The monoisotopic (exact) mass is 278 g/mol. The molecule has 1 atom stereocenters. The van der Waals surface area contributed by atoms with Crippen molar-refractivity contribution in [2.75, 3.05) is 5.32 Å². The summed E-state index contributed by atoms with van der Waals surface area (Å²) in [6, 6.07) is 7.90. The molecular weight excluding hydrogens is 256 g/mol. The molecule has 0 saturated carbocycles. The Balaban J connectivity index is 2.41. The molecule has 0 spiro atoms. The van der Waals surface area contributed by atoms with E-state index in [0.717, 1.165) is 12.1 Å². The molecule has 0 aliphatic heterocycles. The van der Waals surface area contributed by atoms with E-state index in [4.69, 9.17) is 16.9 Å². The Bertz CT molecular complexity index is 423. The maximum absolute atomic E-state index is 9.06. The largest absolute Gasteiger partial charge is 0.381 e. The Hall–Kier alpha value is -1.20. The summed E-state index contributed by atoms with van der Waals surface area (Å²) in [6.45, 7) is 4.38. The number of rotatable bonds is 8. The second-order valence-electron chi connectivity index (χ2n) is 5.05. The first-order chi connectivity index (χ1) is 9.17. The van der Waals surface area contributed by atoms with Crippen LogP contribution in [0.3, 0.4) is 0 Å². The normalized spacial score (nSPS) is 11.9. The molecule has 0 bridgehead atoms. The Kier molecular flexibility index (Phi) is 7.36. The molecule has 0 aromatic heterocycles. The number of benzene rings is 1. The molecule has 3 heteroatoms. The van der Waals surface area contributed by atoms with Gasteiger partial charge in [-0.3, -0.25) is 0 Å². The van der Waals surface area contributed by atoms with Crippen molar-refractivity contribution in [3.63, 3.8) is 0 Å². The fraction of sp³-hybridized carbons (Fsp3) is 0.562. The zero-order chi connectivity index (χ0) is 14.1. The predicted molar refractivity (Wildman–Crippen MR) is 82.6 cm³/mol. The molecule has 0 saturated heterocycles. The SMILES string of the molecule is CCCCCCCC(C)Nc1cc(Cl)ccc1C#N. The fourth-order valence-electron chi connectivity index (χ4n) is 2.13. The zero-order valence-electron chi connectivity index (χ0n) is 11.9. The van der Waals surface area contributed by atoms with Crippen LogP contribution in [0.5, 0.6) is 0 Å². The van der Waals surface area contributed by atoms with Gasteiger partial charge in [-0.2, -0.15) is 5.26 Å². The van der Waals surface area contributed by atoms with Crippen molar-refractivity contribution in [3.8, 4) is 6.07 Å². The van der Waals surface area contributed by atoms with Gasteiger partial charge in [-0.25, -0.2) is 0 Å². The van der Waals surface area contributed by atoms with Crippen molar-refractivity contribution in [1.82, 2.24) is 0 Å². The highest BCUT2D eigenvalue weighted by Crippen LogP contribution is 2.22. The van der Waals surface area contributed by atoms with Crippen LogP contribution in [-0.2, 0) is 0 Å². The maximum Gasteiger partial charge on any atom is 0.101 e. The summed E-state index contributed by atoms with van der Waals surface area (Å²) in [6.07, 6.45) is 7.58. The number of halogens is 1. The van der Waals surface area contributed by atoms with Crippen molar-refractivity contribution < 1.29 is 0 Å².